The van der Waals surface area contributed by atoms with Crippen LogP contribution in [0.2, 0.25) is 0 Å². The highest BCUT2D eigenvalue weighted by Gasteiger charge is 2.21. The molecule has 3 heteroatoms. The van der Waals surface area contributed by atoms with E-state index in [-0.39, 0.29) is 0 Å². The number of thioether (sulfide) groups is 1. The van der Waals surface area contributed by atoms with Crippen molar-refractivity contribution < 1.29 is 4.74 Å². The molecule has 2 aliphatic rings. The molecule has 0 bridgehead atoms. The average Bonchev–Trinajstić information content (AvgIpc) is 3.03. The van der Waals surface area contributed by atoms with Crippen molar-refractivity contribution in [2.45, 2.75) is 31.7 Å². The van der Waals surface area contributed by atoms with Crippen LogP contribution in [0.15, 0.2) is 0 Å². The Labute approximate surface area is 91.2 Å². The molecule has 1 N–H and O–H groups in total. The van der Waals surface area contributed by atoms with E-state index in [1.54, 1.807) is 0 Å². The lowest BCUT2D eigenvalue weighted by Gasteiger charge is -2.22. The number of hydrogen-bond donors (Lipinski definition) is 1. The molecule has 1 heterocycles. The van der Waals surface area contributed by atoms with Gasteiger partial charge in [0.2, 0.25) is 0 Å². The summed E-state index contributed by atoms with van der Waals surface area (Å²) in [6.45, 7) is 2.94. The topological polar surface area (TPSA) is 21.3 Å². The number of ether oxygens (including phenoxy) is 1. The molecule has 1 saturated heterocycles. The van der Waals surface area contributed by atoms with E-state index in [9.17, 15) is 0 Å². The van der Waals surface area contributed by atoms with Crippen molar-refractivity contribution >= 4 is 11.8 Å². The average molecular weight is 215 g/mol. The first-order valence-corrected chi connectivity index (χ1v) is 6.99. The van der Waals surface area contributed by atoms with E-state index in [0.29, 0.717) is 0 Å². The lowest BCUT2D eigenvalue weighted by Crippen LogP contribution is -2.36. The highest BCUT2D eigenvalue weighted by Crippen LogP contribution is 2.28. The van der Waals surface area contributed by atoms with Crippen molar-refractivity contribution in [2.75, 3.05) is 31.3 Å². The summed E-state index contributed by atoms with van der Waals surface area (Å²) >= 11 is 2.08. The van der Waals surface area contributed by atoms with E-state index in [0.717, 1.165) is 31.7 Å². The van der Waals surface area contributed by atoms with Crippen LogP contribution in [0.4, 0.5) is 0 Å². The molecular weight excluding hydrogens is 194 g/mol. The molecule has 0 spiro atoms. The maximum Gasteiger partial charge on any atom is 0.0591 e. The lowest BCUT2D eigenvalue weighted by atomic mass is 10.2. The third-order valence-corrected chi connectivity index (χ3v) is 4.11. The predicted octanol–water partition coefficient (Wildman–Crippen LogP) is 1.90. The maximum absolute atomic E-state index is 5.58. The van der Waals surface area contributed by atoms with Crippen molar-refractivity contribution in [1.82, 2.24) is 5.32 Å². The maximum atomic E-state index is 5.58. The monoisotopic (exact) mass is 215 g/mol. The summed E-state index contributed by atoms with van der Waals surface area (Å²) in [5.74, 6) is 3.55. The van der Waals surface area contributed by atoms with Crippen molar-refractivity contribution in [1.29, 1.82) is 0 Å². The Hall–Kier alpha value is 0.270. The number of hydrogen-bond acceptors (Lipinski definition) is 3. The highest BCUT2D eigenvalue weighted by molar-refractivity contribution is 7.99. The summed E-state index contributed by atoms with van der Waals surface area (Å²) in [6.07, 6.45) is 5.53. The SMILES string of the molecule is C1CSCC(NCCOCC2CC2)C1. The molecule has 2 nitrogen and oxygen atoms in total. The van der Waals surface area contributed by atoms with Gasteiger partial charge in [-0.15, -0.1) is 0 Å². The second-order valence-electron chi connectivity index (χ2n) is 4.39. The molecule has 2 fully saturated rings. The van der Waals surface area contributed by atoms with Crippen molar-refractivity contribution in [2.24, 2.45) is 5.92 Å². The van der Waals surface area contributed by atoms with Crippen molar-refractivity contribution in [3.8, 4) is 0 Å². The summed E-state index contributed by atoms with van der Waals surface area (Å²) in [5, 5.41) is 3.57. The Balaban J connectivity index is 1.41. The smallest absolute Gasteiger partial charge is 0.0591 e. The molecule has 0 aromatic heterocycles. The summed E-state index contributed by atoms with van der Waals surface area (Å²) in [7, 11) is 0. The van der Waals surface area contributed by atoms with Gasteiger partial charge in [-0.05, 0) is 37.4 Å². The number of rotatable bonds is 6. The van der Waals surface area contributed by atoms with Crippen LogP contribution < -0.4 is 5.32 Å². The fraction of sp³-hybridized carbons (Fsp3) is 1.00. The van der Waals surface area contributed by atoms with Gasteiger partial charge < -0.3 is 10.1 Å². The Morgan fingerprint density at radius 3 is 2.93 bits per heavy atom. The Morgan fingerprint density at radius 2 is 2.21 bits per heavy atom. The molecule has 1 unspecified atom stereocenters. The predicted molar refractivity (Wildman–Crippen MR) is 61.9 cm³/mol. The summed E-state index contributed by atoms with van der Waals surface area (Å²) in [6, 6.07) is 0.748. The van der Waals surface area contributed by atoms with E-state index < -0.39 is 0 Å². The third-order valence-electron chi connectivity index (χ3n) is 2.89. The van der Waals surface area contributed by atoms with Gasteiger partial charge >= 0.3 is 0 Å². The zero-order valence-electron chi connectivity index (χ0n) is 8.84. The van der Waals surface area contributed by atoms with Gasteiger partial charge in [-0.25, -0.2) is 0 Å². The number of nitrogens with one attached hydrogen (secondary N) is 1. The molecule has 1 aliphatic carbocycles. The van der Waals surface area contributed by atoms with Crippen LogP contribution in [0.3, 0.4) is 0 Å². The molecule has 0 aromatic carbocycles. The Morgan fingerprint density at radius 1 is 1.29 bits per heavy atom. The molecule has 0 radical (unpaired) electrons. The molecule has 1 atom stereocenters. The molecule has 1 aliphatic heterocycles. The second kappa shape index (κ2) is 5.99. The Kier molecular flexibility index (Phi) is 4.61. The van der Waals surface area contributed by atoms with Crippen LogP contribution in [0, 0.1) is 5.92 Å². The zero-order valence-corrected chi connectivity index (χ0v) is 9.65. The van der Waals surface area contributed by atoms with Crippen LogP contribution in [0.25, 0.3) is 0 Å². The van der Waals surface area contributed by atoms with E-state index in [4.69, 9.17) is 4.74 Å². The molecule has 0 aromatic rings. The fourth-order valence-corrected chi connectivity index (χ4v) is 2.88. The minimum absolute atomic E-state index is 0.748. The van der Waals surface area contributed by atoms with E-state index in [1.165, 1.54) is 37.2 Å². The van der Waals surface area contributed by atoms with Gasteiger partial charge in [0, 0.05) is 24.9 Å². The van der Waals surface area contributed by atoms with Crippen molar-refractivity contribution in [3.63, 3.8) is 0 Å². The standard InChI is InChI=1S/C11H21NOS/c1-2-11(9-14-7-1)12-5-6-13-8-10-3-4-10/h10-12H,1-9H2. The van der Waals surface area contributed by atoms with Crippen molar-refractivity contribution in [3.05, 3.63) is 0 Å². The third kappa shape index (κ3) is 4.20. The largest absolute Gasteiger partial charge is 0.380 e. The summed E-state index contributed by atoms with van der Waals surface area (Å²) < 4.78 is 5.58. The minimum Gasteiger partial charge on any atom is -0.380 e. The van der Waals surface area contributed by atoms with Gasteiger partial charge in [-0.1, -0.05) is 0 Å². The molecule has 82 valence electrons. The van der Waals surface area contributed by atoms with Crippen LogP contribution in [0.1, 0.15) is 25.7 Å². The molecule has 14 heavy (non-hydrogen) atoms. The Bertz CT molecular complexity index is 155. The van der Waals surface area contributed by atoms with Gasteiger partial charge in [0.1, 0.15) is 0 Å². The quantitative estimate of drug-likeness (QED) is 0.684. The summed E-state index contributed by atoms with van der Waals surface area (Å²) in [4.78, 5) is 0. The molecule has 0 amide bonds. The second-order valence-corrected chi connectivity index (χ2v) is 5.54. The fourth-order valence-electron chi connectivity index (χ4n) is 1.77. The molecule has 2 rings (SSSR count). The van der Waals surface area contributed by atoms with Crippen LogP contribution in [-0.2, 0) is 4.74 Å². The van der Waals surface area contributed by atoms with Gasteiger partial charge in [0.15, 0.2) is 0 Å². The highest BCUT2D eigenvalue weighted by atomic mass is 32.2. The van der Waals surface area contributed by atoms with Gasteiger partial charge in [0.25, 0.3) is 0 Å². The first-order valence-electron chi connectivity index (χ1n) is 5.84. The van der Waals surface area contributed by atoms with Crippen LogP contribution in [0.5, 0.6) is 0 Å². The molecule has 1 saturated carbocycles. The van der Waals surface area contributed by atoms with Gasteiger partial charge in [-0.2, -0.15) is 11.8 Å². The van der Waals surface area contributed by atoms with Gasteiger partial charge in [0.05, 0.1) is 6.61 Å². The van der Waals surface area contributed by atoms with Crippen LogP contribution >= 0.6 is 11.8 Å². The van der Waals surface area contributed by atoms with E-state index in [2.05, 4.69) is 17.1 Å². The van der Waals surface area contributed by atoms with Crippen LogP contribution in [-0.4, -0.2) is 37.3 Å². The van der Waals surface area contributed by atoms with E-state index in [1.807, 2.05) is 0 Å². The first kappa shape index (κ1) is 10.8. The lowest BCUT2D eigenvalue weighted by molar-refractivity contribution is 0.124. The summed E-state index contributed by atoms with van der Waals surface area (Å²) in [5.41, 5.74) is 0. The first-order chi connectivity index (χ1) is 6.95. The normalized spacial score (nSPS) is 27.9. The van der Waals surface area contributed by atoms with Gasteiger partial charge in [-0.3, -0.25) is 0 Å². The minimum atomic E-state index is 0.748. The zero-order chi connectivity index (χ0) is 9.64. The van der Waals surface area contributed by atoms with E-state index >= 15 is 0 Å². The molecular formula is C11H21NOS.